The van der Waals surface area contributed by atoms with Crippen LogP contribution in [-0.2, 0) is 4.74 Å². The lowest BCUT2D eigenvalue weighted by Crippen LogP contribution is -2.07. The Balaban J connectivity index is 3.09. The highest BCUT2D eigenvalue weighted by molar-refractivity contribution is 9.10. The summed E-state index contributed by atoms with van der Waals surface area (Å²) in [6.45, 7) is -1.19. The molecule has 0 aliphatic rings. The molecule has 0 spiro atoms. The predicted octanol–water partition coefficient (Wildman–Crippen LogP) is 3.88. The van der Waals surface area contributed by atoms with E-state index in [1.54, 1.807) is 6.92 Å². The summed E-state index contributed by atoms with van der Waals surface area (Å²) >= 11 is 8.76. The van der Waals surface area contributed by atoms with Crippen molar-refractivity contribution in [3.8, 4) is 5.75 Å². The second kappa shape index (κ2) is 6.16. The van der Waals surface area contributed by atoms with E-state index in [-0.39, 0.29) is 27.4 Å². The molecule has 0 unspecified atom stereocenters. The van der Waals surface area contributed by atoms with E-state index in [9.17, 15) is 13.6 Å². The summed E-state index contributed by atoms with van der Waals surface area (Å²) < 4.78 is 33.3. The second-order valence-corrected chi connectivity index (χ2v) is 4.07. The van der Waals surface area contributed by atoms with Crippen molar-refractivity contribution in [2.75, 3.05) is 6.61 Å². The van der Waals surface area contributed by atoms with Crippen molar-refractivity contribution in [2.24, 2.45) is 0 Å². The maximum Gasteiger partial charge on any atom is 0.387 e. The van der Waals surface area contributed by atoms with E-state index in [2.05, 4.69) is 20.7 Å². The molecule has 1 rings (SSSR count). The topological polar surface area (TPSA) is 35.5 Å². The van der Waals surface area contributed by atoms with Crippen LogP contribution in [-0.4, -0.2) is 19.2 Å². The number of hydrogen-bond donors (Lipinski definition) is 0. The van der Waals surface area contributed by atoms with Gasteiger partial charge >= 0.3 is 12.6 Å². The molecular formula is C10H8BrClF2O3. The van der Waals surface area contributed by atoms with Gasteiger partial charge in [-0.25, -0.2) is 4.79 Å². The van der Waals surface area contributed by atoms with Crippen LogP contribution in [0.25, 0.3) is 0 Å². The summed E-state index contributed by atoms with van der Waals surface area (Å²) in [5.41, 5.74) is 0.0516. The quantitative estimate of drug-likeness (QED) is 0.786. The minimum Gasteiger partial charge on any atom is -0.462 e. The van der Waals surface area contributed by atoms with E-state index < -0.39 is 12.6 Å². The molecule has 0 aliphatic carbocycles. The molecule has 0 saturated heterocycles. The molecule has 0 N–H and O–H groups in total. The highest BCUT2D eigenvalue weighted by Gasteiger charge is 2.16. The Morgan fingerprint density at radius 1 is 1.53 bits per heavy atom. The first-order valence-corrected chi connectivity index (χ1v) is 5.73. The van der Waals surface area contributed by atoms with Crippen LogP contribution in [0.2, 0.25) is 5.02 Å². The highest BCUT2D eigenvalue weighted by Crippen LogP contribution is 2.34. The van der Waals surface area contributed by atoms with E-state index in [0.29, 0.717) is 0 Å². The Morgan fingerprint density at radius 3 is 2.71 bits per heavy atom. The minimum absolute atomic E-state index is 0.0516. The van der Waals surface area contributed by atoms with Gasteiger partial charge in [0.2, 0.25) is 0 Å². The van der Waals surface area contributed by atoms with Gasteiger partial charge in [0.1, 0.15) is 5.75 Å². The smallest absolute Gasteiger partial charge is 0.387 e. The summed E-state index contributed by atoms with van der Waals surface area (Å²) in [5.74, 6) is -0.864. The average Bonchev–Trinajstić information content (AvgIpc) is 2.24. The molecule has 3 nitrogen and oxygen atoms in total. The van der Waals surface area contributed by atoms with Crippen LogP contribution in [0.1, 0.15) is 17.3 Å². The van der Waals surface area contributed by atoms with Gasteiger partial charge in [0.15, 0.2) is 0 Å². The van der Waals surface area contributed by atoms with E-state index in [4.69, 9.17) is 16.3 Å². The van der Waals surface area contributed by atoms with E-state index in [1.807, 2.05) is 0 Å². The molecule has 7 heteroatoms. The van der Waals surface area contributed by atoms with Crippen LogP contribution in [0.4, 0.5) is 8.78 Å². The first kappa shape index (κ1) is 14.2. The molecule has 0 bridgehead atoms. The SMILES string of the molecule is CCOC(=O)c1cc(Cl)c(Br)c(OC(F)F)c1. The third kappa shape index (κ3) is 3.81. The first-order valence-electron chi connectivity index (χ1n) is 4.56. The number of alkyl halides is 2. The van der Waals surface area contributed by atoms with Gasteiger partial charge in [-0.3, -0.25) is 0 Å². The predicted molar refractivity (Wildman–Crippen MR) is 61.7 cm³/mol. The first-order chi connectivity index (χ1) is 7.95. The lowest BCUT2D eigenvalue weighted by atomic mass is 10.2. The molecule has 0 atom stereocenters. The number of benzene rings is 1. The fraction of sp³-hybridized carbons (Fsp3) is 0.300. The van der Waals surface area contributed by atoms with E-state index in [0.717, 1.165) is 6.07 Å². The minimum atomic E-state index is -3.00. The molecular weight excluding hydrogens is 321 g/mol. The van der Waals surface area contributed by atoms with Gasteiger partial charge in [0.05, 0.1) is 21.7 Å². The summed E-state index contributed by atoms with van der Waals surface area (Å²) in [7, 11) is 0. The van der Waals surface area contributed by atoms with Crippen molar-refractivity contribution < 1.29 is 23.0 Å². The molecule has 0 aliphatic heterocycles. The third-order valence-electron chi connectivity index (χ3n) is 1.72. The average molecular weight is 330 g/mol. The standard InChI is InChI=1S/C10H8BrClF2O3/c1-2-16-9(15)5-3-6(12)8(11)7(4-5)17-10(13)14/h3-4,10H,2H2,1H3. The van der Waals surface area contributed by atoms with Crippen molar-refractivity contribution in [3.63, 3.8) is 0 Å². The number of rotatable bonds is 4. The molecule has 1 aromatic rings. The van der Waals surface area contributed by atoms with Crippen molar-refractivity contribution in [1.29, 1.82) is 0 Å². The molecule has 0 aromatic heterocycles. The second-order valence-electron chi connectivity index (χ2n) is 2.87. The van der Waals surface area contributed by atoms with Crippen LogP contribution in [0.15, 0.2) is 16.6 Å². The van der Waals surface area contributed by atoms with E-state index in [1.165, 1.54) is 6.07 Å². The zero-order valence-electron chi connectivity index (χ0n) is 8.68. The van der Waals surface area contributed by atoms with Crippen LogP contribution in [0, 0.1) is 0 Å². The summed E-state index contributed by atoms with van der Waals surface area (Å²) in [6, 6.07) is 2.45. The lowest BCUT2D eigenvalue weighted by molar-refractivity contribution is -0.0504. The Kier molecular flexibility index (Phi) is 5.14. The number of esters is 1. The van der Waals surface area contributed by atoms with Crippen LogP contribution < -0.4 is 4.74 Å². The van der Waals surface area contributed by atoms with Crippen LogP contribution in [0.5, 0.6) is 5.75 Å². The Hall–Kier alpha value is -0.880. The molecule has 1 aromatic carbocycles. The molecule has 0 amide bonds. The van der Waals surface area contributed by atoms with Gasteiger partial charge in [-0.15, -0.1) is 0 Å². The summed E-state index contributed by atoms with van der Waals surface area (Å²) in [5, 5.41) is 0.0891. The van der Waals surface area contributed by atoms with Crippen LogP contribution in [0.3, 0.4) is 0 Å². The lowest BCUT2D eigenvalue weighted by Gasteiger charge is -2.10. The zero-order chi connectivity index (χ0) is 13.0. The van der Waals surface area contributed by atoms with Crippen molar-refractivity contribution >= 4 is 33.5 Å². The van der Waals surface area contributed by atoms with Crippen molar-refractivity contribution in [2.45, 2.75) is 13.5 Å². The van der Waals surface area contributed by atoms with Gasteiger partial charge in [-0.1, -0.05) is 11.6 Å². The summed E-state index contributed by atoms with van der Waals surface area (Å²) in [4.78, 5) is 11.4. The maximum atomic E-state index is 12.1. The molecule has 17 heavy (non-hydrogen) atoms. The molecule has 0 saturated carbocycles. The third-order valence-corrected chi connectivity index (χ3v) is 3.07. The zero-order valence-corrected chi connectivity index (χ0v) is 11.0. The number of carbonyl (C=O) groups excluding carboxylic acids is 1. The normalized spacial score (nSPS) is 10.5. The fourth-order valence-electron chi connectivity index (χ4n) is 1.08. The highest BCUT2D eigenvalue weighted by atomic mass is 79.9. The number of ether oxygens (including phenoxy) is 2. The largest absolute Gasteiger partial charge is 0.462 e. The van der Waals surface area contributed by atoms with Gasteiger partial charge in [-0.2, -0.15) is 8.78 Å². The van der Waals surface area contributed by atoms with Gasteiger partial charge in [0, 0.05) is 0 Å². The molecule has 0 fully saturated rings. The molecule has 0 heterocycles. The van der Waals surface area contributed by atoms with Crippen molar-refractivity contribution in [3.05, 3.63) is 27.2 Å². The van der Waals surface area contributed by atoms with E-state index >= 15 is 0 Å². The van der Waals surface area contributed by atoms with Crippen LogP contribution >= 0.6 is 27.5 Å². The van der Waals surface area contributed by atoms with Gasteiger partial charge in [0.25, 0.3) is 0 Å². The Bertz CT molecular complexity index is 426. The molecule has 94 valence electrons. The fourth-order valence-corrected chi connectivity index (χ4v) is 1.61. The number of carbonyl (C=O) groups is 1. The number of halogens is 4. The Morgan fingerprint density at radius 2 is 2.18 bits per heavy atom. The summed E-state index contributed by atoms with van der Waals surface area (Å²) in [6.07, 6.45) is 0. The number of hydrogen-bond acceptors (Lipinski definition) is 3. The van der Waals surface area contributed by atoms with Gasteiger partial charge < -0.3 is 9.47 Å². The van der Waals surface area contributed by atoms with Crippen molar-refractivity contribution in [1.82, 2.24) is 0 Å². The monoisotopic (exact) mass is 328 g/mol. The maximum absolute atomic E-state index is 12.1. The Labute approximate surface area is 110 Å². The van der Waals surface area contributed by atoms with Gasteiger partial charge in [-0.05, 0) is 35.0 Å². The molecule has 0 radical (unpaired) electrons.